The molecule has 6 rings (SSSR count). The predicted octanol–water partition coefficient (Wildman–Crippen LogP) is 5.27. The van der Waals surface area contributed by atoms with Gasteiger partial charge < -0.3 is 4.74 Å². The molecule has 1 fully saturated rings. The molecule has 0 aromatic heterocycles. The Balaban J connectivity index is 2.01. The van der Waals surface area contributed by atoms with E-state index in [1.165, 1.54) is 43.4 Å². The van der Waals surface area contributed by atoms with E-state index in [2.05, 4.69) is 60.7 Å². The van der Waals surface area contributed by atoms with Crippen LogP contribution in [0.5, 0.6) is 0 Å². The lowest BCUT2D eigenvalue weighted by molar-refractivity contribution is 0.381. The summed E-state index contributed by atoms with van der Waals surface area (Å²) in [6.45, 7) is 0. The van der Waals surface area contributed by atoms with E-state index in [-0.39, 0.29) is 12.2 Å². The Morgan fingerprint density at radius 3 is 2.52 bits per heavy atom. The van der Waals surface area contributed by atoms with Crippen molar-refractivity contribution < 1.29 is 4.74 Å². The molecule has 4 aromatic rings. The summed E-state index contributed by atoms with van der Waals surface area (Å²) in [4.78, 5) is 0. The van der Waals surface area contributed by atoms with Crippen molar-refractivity contribution in [3.63, 3.8) is 0 Å². The Morgan fingerprint density at radius 1 is 0.667 bits per heavy atom. The molecule has 1 aliphatic heterocycles. The maximum absolute atomic E-state index is 6.05. The highest BCUT2D eigenvalue weighted by atomic mass is 16.6. The molecule has 1 heterocycles. The van der Waals surface area contributed by atoms with Gasteiger partial charge in [0.05, 0.1) is 0 Å². The second-order valence-electron chi connectivity index (χ2n) is 6.10. The molecule has 98 valence electrons. The van der Waals surface area contributed by atoms with Crippen molar-refractivity contribution in [2.24, 2.45) is 0 Å². The summed E-state index contributed by atoms with van der Waals surface area (Å²) in [6, 6.07) is 22.1. The number of hydrogen-bond acceptors (Lipinski definition) is 1. The maximum atomic E-state index is 6.05. The van der Waals surface area contributed by atoms with Gasteiger partial charge in [-0.3, -0.25) is 0 Å². The molecule has 0 radical (unpaired) electrons. The van der Waals surface area contributed by atoms with Crippen LogP contribution in [0.3, 0.4) is 0 Å². The normalized spacial score (nSPS) is 22.1. The Hall–Kier alpha value is -2.38. The van der Waals surface area contributed by atoms with E-state index in [1.807, 2.05) is 0 Å². The van der Waals surface area contributed by atoms with Gasteiger partial charge in [0.25, 0.3) is 0 Å². The lowest BCUT2D eigenvalue weighted by Crippen LogP contribution is -1.97. The van der Waals surface area contributed by atoms with Crippen molar-refractivity contribution >= 4 is 32.3 Å². The molecule has 1 saturated heterocycles. The quantitative estimate of drug-likeness (QED) is 0.240. The van der Waals surface area contributed by atoms with Crippen LogP contribution in [0.4, 0.5) is 0 Å². The molecule has 4 aromatic carbocycles. The Bertz CT molecular complexity index is 1080. The van der Waals surface area contributed by atoms with E-state index in [9.17, 15) is 0 Å². The summed E-state index contributed by atoms with van der Waals surface area (Å²) >= 11 is 0. The highest BCUT2D eigenvalue weighted by Crippen LogP contribution is 2.60. The highest BCUT2D eigenvalue weighted by Gasteiger charge is 2.47. The van der Waals surface area contributed by atoms with E-state index >= 15 is 0 Å². The molecule has 2 unspecified atom stereocenters. The van der Waals surface area contributed by atoms with Gasteiger partial charge in [0.1, 0.15) is 12.2 Å². The molecule has 0 N–H and O–H groups in total. The fourth-order valence-electron chi connectivity index (χ4n) is 4.11. The van der Waals surface area contributed by atoms with Crippen molar-refractivity contribution in [1.29, 1.82) is 0 Å². The average Bonchev–Trinajstić information content (AvgIpc) is 3.33. The summed E-state index contributed by atoms with van der Waals surface area (Å²) in [7, 11) is 0. The van der Waals surface area contributed by atoms with Crippen LogP contribution >= 0.6 is 0 Å². The van der Waals surface area contributed by atoms with Gasteiger partial charge in [0, 0.05) is 5.56 Å². The third-order valence-electron chi connectivity index (χ3n) is 5.02. The molecule has 21 heavy (non-hydrogen) atoms. The maximum Gasteiger partial charge on any atom is 0.115 e. The third-order valence-corrected chi connectivity index (χ3v) is 5.02. The van der Waals surface area contributed by atoms with Crippen molar-refractivity contribution in [2.75, 3.05) is 0 Å². The number of benzene rings is 4. The Morgan fingerprint density at radius 2 is 1.52 bits per heavy atom. The van der Waals surface area contributed by atoms with Crippen LogP contribution in [0, 0.1) is 0 Å². The minimum Gasteiger partial charge on any atom is -0.359 e. The number of fused-ring (bicyclic) bond motifs is 5. The minimum atomic E-state index is 0.249. The SMILES string of the molecule is c1ccc2c3c4c(ccc5cccc(c54)C4OC34)cc2c1. The monoisotopic (exact) mass is 268 g/mol. The van der Waals surface area contributed by atoms with E-state index in [4.69, 9.17) is 4.74 Å². The molecule has 0 spiro atoms. The molecular formula is C20H12O. The second kappa shape index (κ2) is 3.26. The zero-order valence-electron chi connectivity index (χ0n) is 11.3. The highest BCUT2D eigenvalue weighted by molar-refractivity contribution is 6.17. The standard InChI is InChI=1S/C20H12O/c1-2-6-14-12(4-1)10-13-9-8-11-5-3-7-15-16(11)17(13)18(14)20-19(15)21-20/h1-10,19-20H. The number of epoxide rings is 1. The molecule has 1 aliphatic carbocycles. The van der Waals surface area contributed by atoms with Crippen LogP contribution in [0.25, 0.3) is 32.3 Å². The number of ether oxygens (including phenoxy) is 1. The first-order valence-electron chi connectivity index (χ1n) is 7.44. The lowest BCUT2D eigenvalue weighted by atomic mass is 9.83. The van der Waals surface area contributed by atoms with Crippen LogP contribution in [0.15, 0.2) is 60.7 Å². The molecule has 2 atom stereocenters. The first-order valence-corrected chi connectivity index (χ1v) is 7.44. The van der Waals surface area contributed by atoms with Gasteiger partial charge in [-0.25, -0.2) is 0 Å². The van der Waals surface area contributed by atoms with E-state index in [1.54, 1.807) is 0 Å². The van der Waals surface area contributed by atoms with Crippen molar-refractivity contribution in [3.8, 4) is 0 Å². The first-order chi connectivity index (χ1) is 10.4. The van der Waals surface area contributed by atoms with Gasteiger partial charge in [0.2, 0.25) is 0 Å². The van der Waals surface area contributed by atoms with Crippen molar-refractivity contribution in [1.82, 2.24) is 0 Å². The van der Waals surface area contributed by atoms with Gasteiger partial charge in [-0.15, -0.1) is 0 Å². The average molecular weight is 268 g/mol. The molecule has 2 aliphatic rings. The fraction of sp³-hybridized carbons (Fsp3) is 0.100. The minimum absolute atomic E-state index is 0.249. The summed E-state index contributed by atoms with van der Waals surface area (Å²) < 4.78 is 6.05. The van der Waals surface area contributed by atoms with Crippen molar-refractivity contribution in [3.05, 3.63) is 71.8 Å². The molecule has 1 nitrogen and oxygen atoms in total. The summed E-state index contributed by atoms with van der Waals surface area (Å²) in [5.41, 5.74) is 2.77. The second-order valence-corrected chi connectivity index (χ2v) is 6.10. The smallest absolute Gasteiger partial charge is 0.115 e. The van der Waals surface area contributed by atoms with E-state index in [0.717, 1.165) is 0 Å². The van der Waals surface area contributed by atoms with Crippen LogP contribution < -0.4 is 0 Å². The first kappa shape index (κ1) is 10.4. The Labute approximate surface area is 121 Å². The number of hydrogen-bond donors (Lipinski definition) is 0. The zero-order chi connectivity index (χ0) is 13.6. The van der Waals surface area contributed by atoms with Crippen molar-refractivity contribution in [2.45, 2.75) is 12.2 Å². The van der Waals surface area contributed by atoms with Gasteiger partial charge >= 0.3 is 0 Å². The van der Waals surface area contributed by atoms with E-state index < -0.39 is 0 Å². The summed E-state index contributed by atoms with van der Waals surface area (Å²) in [5, 5.41) is 8.12. The molecule has 0 bridgehead atoms. The largest absolute Gasteiger partial charge is 0.359 e. The number of rotatable bonds is 0. The summed E-state index contributed by atoms with van der Waals surface area (Å²) in [5.74, 6) is 0. The van der Waals surface area contributed by atoms with Gasteiger partial charge in [-0.1, -0.05) is 54.6 Å². The predicted molar refractivity (Wildman–Crippen MR) is 85.5 cm³/mol. The van der Waals surface area contributed by atoms with Crippen LogP contribution in [-0.4, -0.2) is 0 Å². The van der Waals surface area contributed by atoms with Crippen LogP contribution in [0.2, 0.25) is 0 Å². The van der Waals surface area contributed by atoms with Gasteiger partial charge in [-0.05, 0) is 43.9 Å². The zero-order valence-corrected chi connectivity index (χ0v) is 11.3. The topological polar surface area (TPSA) is 12.5 Å². The van der Waals surface area contributed by atoms with Gasteiger partial charge in [0.15, 0.2) is 0 Å². The molecular weight excluding hydrogens is 256 g/mol. The Kier molecular flexibility index (Phi) is 1.61. The van der Waals surface area contributed by atoms with Gasteiger partial charge in [-0.2, -0.15) is 0 Å². The molecule has 1 heteroatoms. The molecule has 0 amide bonds. The fourth-order valence-corrected chi connectivity index (χ4v) is 4.11. The van der Waals surface area contributed by atoms with E-state index in [0.29, 0.717) is 0 Å². The lowest BCUT2D eigenvalue weighted by Gasteiger charge is -2.17. The van der Waals surface area contributed by atoms with Crippen LogP contribution in [0.1, 0.15) is 23.3 Å². The molecule has 0 saturated carbocycles. The van der Waals surface area contributed by atoms with Crippen LogP contribution in [-0.2, 0) is 4.74 Å². The summed E-state index contributed by atoms with van der Waals surface area (Å²) in [6.07, 6.45) is 0.511. The third kappa shape index (κ3) is 1.13.